The Bertz CT molecular complexity index is 345. The van der Waals surface area contributed by atoms with Crippen LogP contribution in [0.25, 0.3) is 0 Å². The van der Waals surface area contributed by atoms with Crippen LogP contribution in [0.1, 0.15) is 37.0 Å². The monoisotopic (exact) mass is 379 g/mol. The molecule has 3 N–H and O–H groups in total. The fourth-order valence-electron chi connectivity index (χ4n) is 2.24. The van der Waals surface area contributed by atoms with E-state index in [9.17, 15) is 0 Å². The second-order valence-corrected chi connectivity index (χ2v) is 5.61. The first-order chi connectivity index (χ1) is 8.34. The summed E-state index contributed by atoms with van der Waals surface area (Å²) in [5.74, 6) is 0.619. The van der Waals surface area contributed by atoms with E-state index in [0.717, 1.165) is 13.0 Å². The summed E-state index contributed by atoms with van der Waals surface area (Å²) in [7, 11) is 0. The normalized spacial score (nSPS) is 17.2. The second kappa shape index (κ2) is 8.74. The molecule has 1 aliphatic rings. The molecular formula is C13H22IN3S. The number of halogens is 1. The number of nitrogens with one attached hydrogen (secondary N) is 1. The van der Waals surface area contributed by atoms with Crippen molar-refractivity contribution in [2.45, 2.75) is 44.6 Å². The summed E-state index contributed by atoms with van der Waals surface area (Å²) in [5.41, 5.74) is 5.89. The fourth-order valence-corrected chi connectivity index (χ4v) is 2.94. The number of rotatable bonds is 4. The second-order valence-electron chi connectivity index (χ2n) is 4.58. The van der Waals surface area contributed by atoms with E-state index in [1.54, 1.807) is 11.3 Å². The van der Waals surface area contributed by atoms with Crippen molar-refractivity contribution in [1.82, 2.24) is 5.32 Å². The largest absolute Gasteiger partial charge is 0.370 e. The van der Waals surface area contributed by atoms with E-state index in [1.807, 2.05) is 0 Å². The molecule has 18 heavy (non-hydrogen) atoms. The standard InChI is InChI=1S/C13H21N3S.HI/c14-13(16-11-5-2-1-3-6-11)15-9-8-12-7-4-10-17-12;/h4,7,10-11H,1-3,5-6,8-9H2,(H3,14,15,16);1H. The maximum absolute atomic E-state index is 5.89. The minimum atomic E-state index is 0. The van der Waals surface area contributed by atoms with E-state index in [-0.39, 0.29) is 24.0 Å². The Morgan fingerprint density at radius 3 is 2.83 bits per heavy atom. The van der Waals surface area contributed by atoms with Gasteiger partial charge in [0, 0.05) is 23.9 Å². The average molecular weight is 379 g/mol. The van der Waals surface area contributed by atoms with Gasteiger partial charge < -0.3 is 11.1 Å². The van der Waals surface area contributed by atoms with Gasteiger partial charge in [0.25, 0.3) is 0 Å². The van der Waals surface area contributed by atoms with Crippen molar-refractivity contribution in [2.75, 3.05) is 6.54 Å². The maximum atomic E-state index is 5.89. The predicted molar refractivity (Wildman–Crippen MR) is 89.9 cm³/mol. The molecule has 1 aromatic heterocycles. The molecule has 1 fully saturated rings. The fraction of sp³-hybridized carbons (Fsp3) is 0.615. The van der Waals surface area contributed by atoms with Crippen molar-refractivity contribution >= 4 is 41.3 Å². The quantitative estimate of drug-likeness (QED) is 0.480. The van der Waals surface area contributed by atoms with Crippen molar-refractivity contribution in [1.29, 1.82) is 0 Å². The van der Waals surface area contributed by atoms with Crippen molar-refractivity contribution < 1.29 is 0 Å². The smallest absolute Gasteiger partial charge is 0.188 e. The Balaban J connectivity index is 0.00000162. The van der Waals surface area contributed by atoms with Crippen molar-refractivity contribution in [3.63, 3.8) is 0 Å². The van der Waals surface area contributed by atoms with Crippen LogP contribution >= 0.6 is 35.3 Å². The molecule has 2 rings (SSSR count). The van der Waals surface area contributed by atoms with Crippen molar-refractivity contribution in [2.24, 2.45) is 10.7 Å². The molecule has 0 spiro atoms. The van der Waals surface area contributed by atoms with Crippen LogP contribution in [-0.2, 0) is 6.42 Å². The summed E-state index contributed by atoms with van der Waals surface area (Å²) in [4.78, 5) is 5.76. The molecular weight excluding hydrogens is 357 g/mol. The lowest BCUT2D eigenvalue weighted by Crippen LogP contribution is -2.41. The summed E-state index contributed by atoms with van der Waals surface area (Å²) >= 11 is 1.78. The van der Waals surface area contributed by atoms with Crippen molar-refractivity contribution in [3.8, 4) is 0 Å². The van der Waals surface area contributed by atoms with Crippen molar-refractivity contribution in [3.05, 3.63) is 22.4 Å². The van der Waals surface area contributed by atoms with Gasteiger partial charge >= 0.3 is 0 Å². The van der Waals surface area contributed by atoms with Gasteiger partial charge in [-0.25, -0.2) is 0 Å². The van der Waals surface area contributed by atoms with Gasteiger partial charge in [-0.05, 0) is 24.3 Å². The first kappa shape index (κ1) is 15.8. The van der Waals surface area contributed by atoms with E-state index in [1.165, 1.54) is 37.0 Å². The first-order valence-electron chi connectivity index (χ1n) is 6.43. The minimum Gasteiger partial charge on any atom is -0.370 e. The van der Waals surface area contributed by atoms with Crippen LogP contribution < -0.4 is 11.1 Å². The Labute approximate surface area is 130 Å². The van der Waals surface area contributed by atoms with Crippen LogP contribution in [0, 0.1) is 0 Å². The third kappa shape index (κ3) is 5.56. The van der Waals surface area contributed by atoms with Gasteiger partial charge in [-0.2, -0.15) is 0 Å². The Hall–Kier alpha value is -0.300. The molecule has 0 aliphatic heterocycles. The molecule has 0 aromatic carbocycles. The molecule has 102 valence electrons. The van der Waals surface area contributed by atoms with E-state index in [2.05, 4.69) is 27.8 Å². The Morgan fingerprint density at radius 2 is 2.17 bits per heavy atom. The number of aliphatic imine (C=N–C) groups is 1. The number of thiophene rings is 1. The molecule has 0 unspecified atom stereocenters. The van der Waals surface area contributed by atoms with Gasteiger partial charge in [0.2, 0.25) is 0 Å². The summed E-state index contributed by atoms with van der Waals surface area (Å²) in [6.07, 6.45) is 7.47. The molecule has 1 saturated carbocycles. The molecule has 0 radical (unpaired) electrons. The summed E-state index contributed by atoms with van der Waals surface area (Å²) in [5, 5.41) is 5.43. The molecule has 0 bridgehead atoms. The van der Waals surface area contributed by atoms with Gasteiger partial charge in [0.05, 0.1) is 0 Å². The van der Waals surface area contributed by atoms with Crippen LogP contribution in [0.3, 0.4) is 0 Å². The molecule has 1 heterocycles. The molecule has 5 heteroatoms. The summed E-state index contributed by atoms with van der Waals surface area (Å²) in [6, 6.07) is 4.77. The van der Waals surface area contributed by atoms with Gasteiger partial charge in [0.1, 0.15) is 0 Å². The SMILES string of the molecule is I.NC(=NCCc1cccs1)NC1CCCCC1. The van der Waals surface area contributed by atoms with Crippen LogP contribution in [-0.4, -0.2) is 18.5 Å². The summed E-state index contributed by atoms with van der Waals surface area (Å²) < 4.78 is 0. The lowest BCUT2D eigenvalue weighted by Gasteiger charge is -2.23. The maximum Gasteiger partial charge on any atom is 0.188 e. The predicted octanol–water partition coefficient (Wildman–Crippen LogP) is 3.15. The van der Waals surface area contributed by atoms with Crippen LogP contribution in [0.15, 0.2) is 22.5 Å². The van der Waals surface area contributed by atoms with E-state index in [4.69, 9.17) is 5.73 Å². The lowest BCUT2D eigenvalue weighted by atomic mass is 9.96. The third-order valence-electron chi connectivity index (χ3n) is 3.18. The van der Waals surface area contributed by atoms with Crippen LogP contribution in [0.5, 0.6) is 0 Å². The highest BCUT2D eigenvalue weighted by Gasteiger charge is 2.12. The topological polar surface area (TPSA) is 50.4 Å². The number of nitrogens with zero attached hydrogens (tertiary/aromatic N) is 1. The van der Waals surface area contributed by atoms with Crippen LogP contribution in [0.2, 0.25) is 0 Å². The number of nitrogens with two attached hydrogens (primary N) is 1. The highest BCUT2D eigenvalue weighted by atomic mass is 127. The third-order valence-corrected chi connectivity index (χ3v) is 4.11. The van der Waals surface area contributed by atoms with Gasteiger partial charge in [-0.3, -0.25) is 4.99 Å². The zero-order valence-electron chi connectivity index (χ0n) is 10.6. The average Bonchev–Trinajstić information content (AvgIpc) is 2.83. The highest BCUT2D eigenvalue weighted by molar-refractivity contribution is 14.0. The minimum absolute atomic E-state index is 0. The molecule has 0 saturated heterocycles. The van der Waals surface area contributed by atoms with E-state index in [0.29, 0.717) is 12.0 Å². The Kier molecular flexibility index (Phi) is 7.65. The lowest BCUT2D eigenvalue weighted by molar-refractivity contribution is 0.412. The van der Waals surface area contributed by atoms with E-state index >= 15 is 0 Å². The number of hydrogen-bond acceptors (Lipinski definition) is 2. The molecule has 1 aliphatic carbocycles. The van der Waals surface area contributed by atoms with Gasteiger partial charge in [-0.1, -0.05) is 25.3 Å². The van der Waals surface area contributed by atoms with Crippen LogP contribution in [0.4, 0.5) is 0 Å². The van der Waals surface area contributed by atoms with Gasteiger partial charge in [-0.15, -0.1) is 35.3 Å². The number of guanidine groups is 1. The molecule has 0 atom stereocenters. The zero-order chi connectivity index (χ0) is 11.9. The zero-order valence-corrected chi connectivity index (χ0v) is 13.7. The summed E-state index contributed by atoms with van der Waals surface area (Å²) in [6.45, 7) is 0.784. The first-order valence-corrected chi connectivity index (χ1v) is 7.31. The number of hydrogen-bond donors (Lipinski definition) is 2. The van der Waals surface area contributed by atoms with E-state index < -0.39 is 0 Å². The van der Waals surface area contributed by atoms with Gasteiger partial charge in [0.15, 0.2) is 5.96 Å². The Morgan fingerprint density at radius 1 is 1.39 bits per heavy atom. The highest BCUT2D eigenvalue weighted by Crippen LogP contribution is 2.17. The molecule has 1 aromatic rings. The molecule has 0 amide bonds. The molecule has 3 nitrogen and oxygen atoms in total.